The Bertz CT molecular complexity index is 422. The molecule has 0 spiro atoms. The zero-order chi connectivity index (χ0) is 14.5. The van der Waals surface area contributed by atoms with Crippen LogP contribution in [0.15, 0.2) is 24.3 Å². The molecule has 1 heterocycles. The number of hydrogen-bond acceptors (Lipinski definition) is 4. The van der Waals surface area contributed by atoms with Gasteiger partial charge in [0.05, 0.1) is 12.1 Å². The number of ether oxygens (including phenoxy) is 1. The highest BCUT2D eigenvalue weighted by Gasteiger charge is 2.32. The van der Waals surface area contributed by atoms with Gasteiger partial charge in [0.25, 0.3) is 0 Å². The molecule has 2 unspecified atom stereocenters. The molecule has 0 saturated heterocycles. The third-order valence-electron chi connectivity index (χ3n) is 3.94. The molecule has 2 atom stereocenters. The van der Waals surface area contributed by atoms with Crippen LogP contribution in [0.4, 0.5) is 0 Å². The number of nitrogens with one attached hydrogen (secondary N) is 1. The van der Waals surface area contributed by atoms with Gasteiger partial charge < -0.3 is 15.0 Å². The summed E-state index contributed by atoms with van der Waals surface area (Å²) >= 11 is 0. The molecule has 4 nitrogen and oxygen atoms in total. The first-order valence-electron chi connectivity index (χ1n) is 7.43. The largest absolute Gasteiger partial charge is 0.492 e. The van der Waals surface area contributed by atoms with Crippen molar-refractivity contribution in [3.8, 4) is 5.75 Å². The molecule has 4 heteroatoms. The first-order valence-corrected chi connectivity index (χ1v) is 7.43. The monoisotopic (exact) mass is 277 g/mol. The van der Waals surface area contributed by atoms with E-state index in [1.165, 1.54) is 5.56 Å². The van der Waals surface area contributed by atoms with Crippen LogP contribution in [-0.2, 0) is 0 Å². The van der Waals surface area contributed by atoms with Crippen molar-refractivity contribution in [1.29, 1.82) is 0 Å². The van der Waals surface area contributed by atoms with Gasteiger partial charge in [-0.25, -0.2) is 0 Å². The smallest absolute Gasteiger partial charge is 0.124 e. The third kappa shape index (κ3) is 3.51. The van der Waals surface area contributed by atoms with Crippen LogP contribution in [0.3, 0.4) is 0 Å². The van der Waals surface area contributed by atoms with E-state index in [2.05, 4.69) is 61.4 Å². The number of rotatable bonds is 6. The first-order chi connectivity index (χ1) is 9.63. The molecule has 1 aliphatic rings. The lowest BCUT2D eigenvalue weighted by Crippen LogP contribution is -2.50. The summed E-state index contributed by atoms with van der Waals surface area (Å²) < 4.78 is 5.95. The summed E-state index contributed by atoms with van der Waals surface area (Å²) in [6.45, 7) is 5.99. The molecule has 112 valence electrons. The van der Waals surface area contributed by atoms with Gasteiger partial charge in [0.2, 0.25) is 0 Å². The van der Waals surface area contributed by atoms with Crippen LogP contribution in [0.2, 0.25) is 0 Å². The summed E-state index contributed by atoms with van der Waals surface area (Å²) in [6.07, 6.45) is 0. The minimum absolute atomic E-state index is 0.345. The first kappa shape index (κ1) is 15.3. The Balaban J connectivity index is 2.13. The van der Waals surface area contributed by atoms with Crippen molar-refractivity contribution in [2.24, 2.45) is 0 Å². The van der Waals surface area contributed by atoms with Gasteiger partial charge in [-0.05, 0) is 33.8 Å². The minimum atomic E-state index is 0.345. The Hall–Kier alpha value is -1.10. The number of nitrogens with zero attached hydrogens (tertiary/aromatic N) is 2. The maximum atomic E-state index is 5.95. The van der Waals surface area contributed by atoms with Crippen molar-refractivity contribution in [2.45, 2.75) is 19.0 Å². The number of hydrogen-bond donors (Lipinski definition) is 1. The molecule has 0 aromatic heterocycles. The lowest BCUT2D eigenvalue weighted by molar-refractivity contribution is 0.101. The van der Waals surface area contributed by atoms with E-state index in [-0.39, 0.29) is 0 Å². The molecule has 0 amide bonds. The summed E-state index contributed by atoms with van der Waals surface area (Å²) in [5.74, 6) is 1.02. The van der Waals surface area contributed by atoms with Gasteiger partial charge in [-0.1, -0.05) is 25.1 Å². The van der Waals surface area contributed by atoms with Crippen molar-refractivity contribution >= 4 is 0 Å². The van der Waals surface area contributed by atoms with Crippen LogP contribution in [0.1, 0.15) is 18.5 Å². The SMILES string of the molecule is CCNC1c2ccccc2OCC1N(C)CCN(C)C. The fourth-order valence-electron chi connectivity index (χ4n) is 2.72. The van der Waals surface area contributed by atoms with E-state index in [0.717, 1.165) is 32.0 Å². The number of benzene rings is 1. The molecule has 0 bridgehead atoms. The van der Waals surface area contributed by atoms with Crippen LogP contribution in [0, 0.1) is 0 Å². The number of fused-ring (bicyclic) bond motifs is 1. The number of likely N-dealkylation sites (N-methyl/N-ethyl adjacent to an activating group) is 3. The summed E-state index contributed by atoms with van der Waals surface area (Å²) in [5.41, 5.74) is 1.28. The molecule has 1 aromatic carbocycles. The van der Waals surface area contributed by atoms with E-state index in [9.17, 15) is 0 Å². The van der Waals surface area contributed by atoms with Gasteiger partial charge in [-0.2, -0.15) is 0 Å². The lowest BCUT2D eigenvalue weighted by Gasteiger charge is -2.39. The fourth-order valence-corrected chi connectivity index (χ4v) is 2.72. The molecule has 1 aromatic rings. The lowest BCUT2D eigenvalue weighted by atomic mass is 9.95. The van der Waals surface area contributed by atoms with Crippen molar-refractivity contribution < 1.29 is 4.74 Å². The van der Waals surface area contributed by atoms with Crippen molar-refractivity contribution in [1.82, 2.24) is 15.1 Å². The Morgan fingerprint density at radius 3 is 2.65 bits per heavy atom. The van der Waals surface area contributed by atoms with Crippen LogP contribution in [0.5, 0.6) is 5.75 Å². The maximum Gasteiger partial charge on any atom is 0.124 e. The van der Waals surface area contributed by atoms with Gasteiger partial charge in [0.1, 0.15) is 12.4 Å². The average molecular weight is 277 g/mol. The molecule has 20 heavy (non-hydrogen) atoms. The van der Waals surface area contributed by atoms with Crippen LogP contribution in [-0.4, -0.2) is 63.2 Å². The molecule has 0 fully saturated rings. The predicted octanol–water partition coefficient (Wildman–Crippen LogP) is 1.59. The van der Waals surface area contributed by atoms with E-state index in [0.29, 0.717) is 12.1 Å². The highest BCUT2D eigenvalue weighted by Crippen LogP contribution is 2.33. The van der Waals surface area contributed by atoms with Crippen molar-refractivity contribution in [2.75, 3.05) is 47.4 Å². The highest BCUT2D eigenvalue weighted by molar-refractivity contribution is 5.38. The molecule has 0 radical (unpaired) electrons. The van der Waals surface area contributed by atoms with Gasteiger partial charge in [-0.3, -0.25) is 4.90 Å². The second kappa shape index (κ2) is 7.07. The predicted molar refractivity (Wildman–Crippen MR) is 83.3 cm³/mol. The van der Waals surface area contributed by atoms with E-state index < -0.39 is 0 Å². The standard InChI is InChI=1S/C16H27N3O/c1-5-17-16-13-8-6-7-9-15(13)20-12-14(16)19(4)11-10-18(2)3/h6-9,14,16-17H,5,10-12H2,1-4H3. The van der Waals surface area contributed by atoms with Crippen LogP contribution < -0.4 is 10.1 Å². The molecule has 0 aliphatic carbocycles. The topological polar surface area (TPSA) is 27.7 Å². The van der Waals surface area contributed by atoms with Crippen LogP contribution in [0.25, 0.3) is 0 Å². The molecular weight excluding hydrogens is 250 g/mol. The summed E-state index contributed by atoms with van der Waals surface area (Å²) in [6, 6.07) is 9.10. The molecule has 1 aliphatic heterocycles. The zero-order valence-electron chi connectivity index (χ0n) is 13.1. The summed E-state index contributed by atoms with van der Waals surface area (Å²) in [4.78, 5) is 4.62. The highest BCUT2D eigenvalue weighted by atomic mass is 16.5. The summed E-state index contributed by atoms with van der Waals surface area (Å²) in [7, 11) is 6.42. The van der Waals surface area contributed by atoms with Gasteiger partial charge in [0.15, 0.2) is 0 Å². The zero-order valence-corrected chi connectivity index (χ0v) is 13.1. The molecule has 0 saturated carbocycles. The Kier molecular flexibility index (Phi) is 5.40. The molecule has 1 N–H and O–H groups in total. The summed E-state index contributed by atoms with van der Waals surface area (Å²) in [5, 5.41) is 3.62. The van der Waals surface area contributed by atoms with E-state index in [1.807, 2.05) is 6.07 Å². The Morgan fingerprint density at radius 2 is 1.95 bits per heavy atom. The molecule has 2 rings (SSSR count). The molecular formula is C16H27N3O. The quantitative estimate of drug-likeness (QED) is 0.854. The maximum absolute atomic E-state index is 5.95. The van der Waals surface area contributed by atoms with Crippen molar-refractivity contribution in [3.63, 3.8) is 0 Å². The Labute approximate surface area is 122 Å². The van der Waals surface area contributed by atoms with Gasteiger partial charge >= 0.3 is 0 Å². The minimum Gasteiger partial charge on any atom is -0.492 e. The normalized spacial score (nSPS) is 21.9. The van der Waals surface area contributed by atoms with Crippen molar-refractivity contribution in [3.05, 3.63) is 29.8 Å². The van der Waals surface area contributed by atoms with Gasteiger partial charge in [0, 0.05) is 18.7 Å². The second-order valence-electron chi connectivity index (χ2n) is 5.74. The number of para-hydroxylation sites is 1. The van der Waals surface area contributed by atoms with Crippen LogP contribution >= 0.6 is 0 Å². The second-order valence-corrected chi connectivity index (χ2v) is 5.74. The van der Waals surface area contributed by atoms with Gasteiger partial charge in [-0.15, -0.1) is 0 Å². The Morgan fingerprint density at radius 1 is 1.20 bits per heavy atom. The average Bonchev–Trinajstić information content (AvgIpc) is 2.45. The van der Waals surface area contributed by atoms with E-state index >= 15 is 0 Å². The fraction of sp³-hybridized carbons (Fsp3) is 0.625. The third-order valence-corrected chi connectivity index (χ3v) is 3.94. The van der Waals surface area contributed by atoms with E-state index in [4.69, 9.17) is 4.74 Å². The van der Waals surface area contributed by atoms with E-state index in [1.54, 1.807) is 0 Å².